The lowest BCUT2D eigenvalue weighted by Gasteiger charge is -2.10. The van der Waals surface area contributed by atoms with E-state index in [2.05, 4.69) is 14.9 Å². The molecule has 0 bridgehead atoms. The summed E-state index contributed by atoms with van der Waals surface area (Å²) in [5, 5.41) is 3.62. The van der Waals surface area contributed by atoms with E-state index in [0.29, 0.717) is 11.4 Å². The molecule has 0 N–H and O–H groups in total. The number of halogens is 2. The van der Waals surface area contributed by atoms with Gasteiger partial charge in [-0.15, -0.1) is 0 Å². The summed E-state index contributed by atoms with van der Waals surface area (Å²) in [5.41, 5.74) is 0.479. The highest BCUT2D eigenvalue weighted by Gasteiger charge is 2.14. The summed E-state index contributed by atoms with van der Waals surface area (Å²) in [5.74, 6) is 0.808. The van der Waals surface area contributed by atoms with Crippen LogP contribution in [-0.2, 0) is 0 Å². The Morgan fingerprint density at radius 1 is 1.28 bits per heavy atom. The molecule has 96 valence electrons. The molecule has 1 aromatic heterocycles. The van der Waals surface area contributed by atoms with Crippen LogP contribution in [0.1, 0.15) is 5.82 Å². The summed E-state index contributed by atoms with van der Waals surface area (Å²) in [6.45, 7) is -1.27. The van der Waals surface area contributed by atoms with E-state index in [1.54, 1.807) is 13.0 Å². The summed E-state index contributed by atoms with van der Waals surface area (Å²) < 4.78 is 38.7. The van der Waals surface area contributed by atoms with Crippen LogP contribution in [0.25, 0.3) is 11.5 Å². The quantitative estimate of drug-likeness (QED) is 0.841. The highest BCUT2D eigenvalue weighted by Crippen LogP contribution is 2.32. The highest BCUT2D eigenvalue weighted by atomic mass is 19.3. The molecule has 0 aliphatic carbocycles. The van der Waals surface area contributed by atoms with E-state index in [1.165, 1.54) is 19.2 Å². The molecule has 0 radical (unpaired) electrons. The van der Waals surface area contributed by atoms with Crippen molar-refractivity contribution in [2.45, 2.75) is 13.5 Å². The summed E-state index contributed by atoms with van der Waals surface area (Å²) >= 11 is 0. The van der Waals surface area contributed by atoms with Gasteiger partial charge >= 0.3 is 6.61 Å². The van der Waals surface area contributed by atoms with Gasteiger partial charge in [-0.1, -0.05) is 5.16 Å². The lowest BCUT2D eigenvalue weighted by atomic mass is 10.2. The third kappa shape index (κ3) is 2.55. The molecule has 0 saturated carbocycles. The summed E-state index contributed by atoms with van der Waals surface area (Å²) in [7, 11) is 1.37. The molecule has 7 heteroatoms. The number of aryl methyl sites for hydroxylation is 1. The Hall–Kier alpha value is -2.18. The number of alkyl halides is 2. The molecule has 0 saturated heterocycles. The second-order valence-corrected chi connectivity index (χ2v) is 3.39. The van der Waals surface area contributed by atoms with Crippen LogP contribution in [0, 0.1) is 6.92 Å². The van der Waals surface area contributed by atoms with Crippen LogP contribution in [0.15, 0.2) is 22.7 Å². The maximum absolute atomic E-state index is 12.2. The molecule has 1 heterocycles. The van der Waals surface area contributed by atoms with Gasteiger partial charge in [-0.25, -0.2) is 0 Å². The summed E-state index contributed by atoms with van der Waals surface area (Å²) in [4.78, 5) is 4.00. The minimum Gasteiger partial charge on any atom is -0.493 e. The topological polar surface area (TPSA) is 57.4 Å². The minimum atomic E-state index is -2.93. The molecule has 18 heavy (non-hydrogen) atoms. The molecule has 0 aliphatic heterocycles. The highest BCUT2D eigenvalue weighted by molar-refractivity contribution is 5.59. The van der Waals surface area contributed by atoms with Crippen molar-refractivity contribution in [2.24, 2.45) is 0 Å². The first-order valence-electron chi connectivity index (χ1n) is 5.03. The fourth-order valence-corrected chi connectivity index (χ4v) is 1.41. The summed E-state index contributed by atoms with van der Waals surface area (Å²) in [6.07, 6.45) is 0. The van der Waals surface area contributed by atoms with Crippen LogP contribution >= 0.6 is 0 Å². The Labute approximate surface area is 101 Å². The third-order valence-corrected chi connectivity index (χ3v) is 2.15. The zero-order valence-corrected chi connectivity index (χ0v) is 9.68. The number of hydrogen-bond donors (Lipinski definition) is 0. The monoisotopic (exact) mass is 256 g/mol. The number of methoxy groups -OCH3 is 1. The molecule has 0 unspecified atom stereocenters. The van der Waals surface area contributed by atoms with Gasteiger partial charge in [-0.05, 0) is 25.1 Å². The Kier molecular flexibility index (Phi) is 3.40. The second-order valence-electron chi connectivity index (χ2n) is 3.39. The lowest BCUT2D eigenvalue weighted by molar-refractivity contribution is -0.0511. The van der Waals surface area contributed by atoms with Gasteiger partial charge in [0.25, 0.3) is 5.89 Å². The Morgan fingerprint density at radius 3 is 2.61 bits per heavy atom. The summed E-state index contributed by atoms with van der Waals surface area (Å²) in [6, 6.07) is 4.47. The molecule has 5 nitrogen and oxygen atoms in total. The van der Waals surface area contributed by atoms with E-state index in [1.807, 2.05) is 0 Å². The maximum atomic E-state index is 12.2. The molecule has 0 atom stereocenters. The lowest BCUT2D eigenvalue weighted by Crippen LogP contribution is -2.03. The van der Waals surface area contributed by atoms with Crippen molar-refractivity contribution in [2.75, 3.05) is 7.11 Å². The standard InChI is InChI=1S/C11H10F2N2O3/c1-6-14-10(18-15-6)7-3-4-8(16-2)9(5-7)17-11(12)13/h3-5,11H,1-2H3. The molecular formula is C11H10F2N2O3. The predicted molar refractivity (Wildman–Crippen MR) is 57.7 cm³/mol. The molecule has 0 aliphatic rings. The van der Waals surface area contributed by atoms with Crippen LogP contribution < -0.4 is 9.47 Å². The average molecular weight is 256 g/mol. The zero-order valence-electron chi connectivity index (χ0n) is 9.68. The number of aromatic nitrogens is 2. The predicted octanol–water partition coefficient (Wildman–Crippen LogP) is 2.66. The van der Waals surface area contributed by atoms with Crippen LogP contribution in [0.4, 0.5) is 8.78 Å². The van der Waals surface area contributed by atoms with Crippen LogP contribution in [-0.4, -0.2) is 23.9 Å². The third-order valence-electron chi connectivity index (χ3n) is 2.15. The van der Waals surface area contributed by atoms with E-state index in [-0.39, 0.29) is 17.4 Å². The average Bonchev–Trinajstić information content (AvgIpc) is 2.75. The Balaban J connectivity index is 2.38. The van der Waals surface area contributed by atoms with E-state index in [0.717, 1.165) is 0 Å². The van der Waals surface area contributed by atoms with E-state index in [9.17, 15) is 8.78 Å². The van der Waals surface area contributed by atoms with Gasteiger partial charge in [0.1, 0.15) is 0 Å². The van der Waals surface area contributed by atoms with Crippen molar-refractivity contribution < 1.29 is 22.8 Å². The minimum absolute atomic E-state index is 0.0825. The van der Waals surface area contributed by atoms with Crippen LogP contribution in [0.5, 0.6) is 11.5 Å². The van der Waals surface area contributed by atoms with Gasteiger partial charge in [0, 0.05) is 5.56 Å². The van der Waals surface area contributed by atoms with Crippen molar-refractivity contribution in [3.63, 3.8) is 0 Å². The smallest absolute Gasteiger partial charge is 0.387 e. The zero-order chi connectivity index (χ0) is 13.1. The van der Waals surface area contributed by atoms with Gasteiger partial charge < -0.3 is 14.0 Å². The first kappa shape index (κ1) is 12.3. The number of rotatable bonds is 4. The number of hydrogen-bond acceptors (Lipinski definition) is 5. The van der Waals surface area contributed by atoms with E-state index >= 15 is 0 Å². The van der Waals surface area contributed by atoms with E-state index in [4.69, 9.17) is 9.26 Å². The molecule has 0 spiro atoms. The fraction of sp³-hybridized carbons (Fsp3) is 0.273. The van der Waals surface area contributed by atoms with Gasteiger partial charge in [0.2, 0.25) is 0 Å². The molecule has 0 amide bonds. The van der Waals surface area contributed by atoms with Crippen LogP contribution in [0.3, 0.4) is 0 Å². The van der Waals surface area contributed by atoms with E-state index < -0.39 is 6.61 Å². The Morgan fingerprint density at radius 2 is 2.06 bits per heavy atom. The van der Waals surface area contributed by atoms with Crippen molar-refractivity contribution in [1.29, 1.82) is 0 Å². The van der Waals surface area contributed by atoms with Gasteiger partial charge in [0.15, 0.2) is 17.3 Å². The van der Waals surface area contributed by atoms with Gasteiger partial charge in [0.05, 0.1) is 7.11 Å². The maximum Gasteiger partial charge on any atom is 0.387 e. The van der Waals surface area contributed by atoms with Crippen molar-refractivity contribution in [3.05, 3.63) is 24.0 Å². The fourth-order valence-electron chi connectivity index (χ4n) is 1.41. The number of ether oxygens (including phenoxy) is 2. The largest absolute Gasteiger partial charge is 0.493 e. The second kappa shape index (κ2) is 4.99. The molecule has 2 rings (SSSR count). The normalized spacial score (nSPS) is 10.7. The molecular weight excluding hydrogens is 246 g/mol. The van der Waals surface area contributed by atoms with Crippen molar-refractivity contribution in [1.82, 2.24) is 10.1 Å². The SMILES string of the molecule is COc1ccc(-c2nc(C)no2)cc1OC(F)F. The van der Waals surface area contributed by atoms with Gasteiger partial charge in [-0.3, -0.25) is 0 Å². The van der Waals surface area contributed by atoms with Gasteiger partial charge in [-0.2, -0.15) is 13.8 Å². The number of benzene rings is 1. The van der Waals surface area contributed by atoms with Crippen LogP contribution in [0.2, 0.25) is 0 Å². The molecule has 0 fully saturated rings. The first-order chi connectivity index (χ1) is 8.60. The van der Waals surface area contributed by atoms with Crippen molar-refractivity contribution >= 4 is 0 Å². The van der Waals surface area contributed by atoms with Crippen molar-refractivity contribution in [3.8, 4) is 23.0 Å². The molecule has 2 aromatic rings. The first-order valence-corrected chi connectivity index (χ1v) is 5.03. The molecule has 1 aromatic carbocycles. The Bertz CT molecular complexity index is 543. The number of nitrogens with zero attached hydrogens (tertiary/aromatic N) is 2.